The van der Waals surface area contributed by atoms with Crippen LogP contribution in [0, 0.1) is 5.82 Å². The minimum absolute atomic E-state index is 0.209. The number of pyridine rings is 1. The van der Waals surface area contributed by atoms with E-state index in [0.717, 1.165) is 35.4 Å². The molecule has 1 aliphatic rings. The summed E-state index contributed by atoms with van der Waals surface area (Å²) in [6.45, 7) is 4.35. The van der Waals surface area contributed by atoms with Crippen LogP contribution in [0.4, 0.5) is 4.39 Å². The molecule has 2 aromatic heterocycles. The van der Waals surface area contributed by atoms with Crippen molar-refractivity contribution in [2.24, 2.45) is 0 Å². The van der Waals surface area contributed by atoms with Crippen molar-refractivity contribution in [2.75, 3.05) is 6.54 Å². The fourth-order valence-corrected chi connectivity index (χ4v) is 3.70. The molecule has 1 aliphatic heterocycles. The highest BCUT2D eigenvalue weighted by Gasteiger charge is 2.22. The second kappa shape index (κ2) is 6.36. The van der Waals surface area contributed by atoms with Crippen molar-refractivity contribution in [3.05, 3.63) is 54.0 Å². The number of rotatable bonds is 3. The quantitative estimate of drug-likeness (QED) is 0.755. The summed E-state index contributed by atoms with van der Waals surface area (Å²) in [6, 6.07) is 11.4. The second-order valence-electron chi connectivity index (χ2n) is 6.70. The zero-order valence-corrected chi connectivity index (χ0v) is 13.9. The topological polar surface area (TPSA) is 31.9 Å². The van der Waals surface area contributed by atoms with Gasteiger partial charge in [-0.25, -0.2) is 9.37 Å². The maximum Gasteiger partial charge on any atom is 0.138 e. The molecule has 1 fully saturated rings. The summed E-state index contributed by atoms with van der Waals surface area (Å²) < 4.78 is 13.3. The van der Waals surface area contributed by atoms with Gasteiger partial charge in [0, 0.05) is 29.7 Å². The van der Waals surface area contributed by atoms with E-state index in [0.29, 0.717) is 6.04 Å². The number of aromatic nitrogens is 2. The summed E-state index contributed by atoms with van der Waals surface area (Å²) in [5.74, 6) is -0.209. The number of nitrogens with one attached hydrogen (secondary N) is 1. The van der Waals surface area contributed by atoms with Crippen LogP contribution in [-0.2, 0) is 6.54 Å². The number of aromatic amines is 1. The second-order valence-corrected chi connectivity index (χ2v) is 6.70. The Morgan fingerprint density at radius 1 is 1.21 bits per heavy atom. The SMILES string of the molecule is C[C@H]1CCCCN1Cc1c(-c2ccc(F)cc2)[nH]c2ncccc12. The van der Waals surface area contributed by atoms with E-state index in [9.17, 15) is 4.39 Å². The minimum atomic E-state index is -0.209. The molecule has 1 saturated heterocycles. The number of H-pyrrole nitrogens is 1. The number of halogens is 1. The zero-order chi connectivity index (χ0) is 16.5. The Morgan fingerprint density at radius 2 is 2.04 bits per heavy atom. The molecule has 0 spiro atoms. The molecule has 1 N–H and O–H groups in total. The Hall–Kier alpha value is -2.20. The normalized spacial score (nSPS) is 19.0. The summed E-state index contributed by atoms with van der Waals surface area (Å²) in [4.78, 5) is 10.5. The lowest BCUT2D eigenvalue weighted by Crippen LogP contribution is -2.36. The zero-order valence-electron chi connectivity index (χ0n) is 13.9. The maximum absolute atomic E-state index is 13.3. The van der Waals surface area contributed by atoms with E-state index in [1.165, 1.54) is 37.0 Å². The maximum atomic E-state index is 13.3. The van der Waals surface area contributed by atoms with Crippen LogP contribution in [0.25, 0.3) is 22.3 Å². The first-order valence-corrected chi connectivity index (χ1v) is 8.68. The van der Waals surface area contributed by atoms with Gasteiger partial charge in [-0.1, -0.05) is 6.42 Å². The van der Waals surface area contributed by atoms with E-state index in [4.69, 9.17) is 0 Å². The standard InChI is InChI=1S/C20H22FN3/c1-14-5-2-3-12-24(14)13-18-17-6-4-11-22-20(17)23-19(18)15-7-9-16(21)10-8-15/h4,6-11,14H,2-3,5,12-13H2,1H3,(H,22,23)/t14-/m0/s1. The molecule has 1 atom stereocenters. The first-order valence-electron chi connectivity index (χ1n) is 8.68. The average Bonchev–Trinajstić information content (AvgIpc) is 2.96. The Balaban J connectivity index is 1.79. The molecule has 124 valence electrons. The van der Waals surface area contributed by atoms with Gasteiger partial charge in [0.1, 0.15) is 11.5 Å². The van der Waals surface area contributed by atoms with E-state index < -0.39 is 0 Å². The Morgan fingerprint density at radius 3 is 2.83 bits per heavy atom. The van der Waals surface area contributed by atoms with Gasteiger partial charge in [-0.2, -0.15) is 0 Å². The third kappa shape index (κ3) is 2.82. The number of hydrogen-bond acceptors (Lipinski definition) is 2. The molecule has 0 saturated carbocycles. The Bertz CT molecular complexity index is 838. The van der Waals surface area contributed by atoms with Gasteiger partial charge in [-0.15, -0.1) is 0 Å². The summed E-state index contributed by atoms with van der Waals surface area (Å²) >= 11 is 0. The highest BCUT2D eigenvalue weighted by atomic mass is 19.1. The summed E-state index contributed by atoms with van der Waals surface area (Å²) in [7, 11) is 0. The first kappa shape index (κ1) is 15.3. The average molecular weight is 323 g/mol. The van der Waals surface area contributed by atoms with Gasteiger partial charge < -0.3 is 4.98 Å². The van der Waals surface area contributed by atoms with Crippen LogP contribution >= 0.6 is 0 Å². The number of nitrogens with zero attached hydrogens (tertiary/aromatic N) is 2. The fourth-order valence-electron chi connectivity index (χ4n) is 3.70. The van der Waals surface area contributed by atoms with Gasteiger partial charge in [0.15, 0.2) is 0 Å². The molecule has 0 unspecified atom stereocenters. The third-order valence-electron chi connectivity index (χ3n) is 5.11. The van der Waals surface area contributed by atoms with E-state index >= 15 is 0 Å². The van der Waals surface area contributed by atoms with Crippen LogP contribution in [0.1, 0.15) is 31.7 Å². The number of likely N-dealkylation sites (tertiary alicyclic amines) is 1. The fraction of sp³-hybridized carbons (Fsp3) is 0.350. The molecular formula is C20H22FN3. The summed E-state index contributed by atoms with van der Waals surface area (Å²) in [6.07, 6.45) is 5.64. The molecule has 24 heavy (non-hydrogen) atoms. The predicted octanol–water partition coefficient (Wildman–Crippen LogP) is 4.74. The number of piperidine rings is 1. The van der Waals surface area contributed by atoms with Crippen molar-refractivity contribution in [3.8, 4) is 11.3 Å². The van der Waals surface area contributed by atoms with Gasteiger partial charge in [-0.3, -0.25) is 4.90 Å². The molecule has 3 aromatic rings. The molecule has 0 aliphatic carbocycles. The van der Waals surface area contributed by atoms with Crippen LogP contribution in [-0.4, -0.2) is 27.5 Å². The smallest absolute Gasteiger partial charge is 0.138 e. The Labute approximate surface area is 141 Å². The molecule has 4 rings (SSSR count). The highest BCUT2D eigenvalue weighted by molar-refractivity contribution is 5.88. The van der Waals surface area contributed by atoms with Crippen LogP contribution in [0.3, 0.4) is 0 Å². The van der Waals surface area contributed by atoms with Gasteiger partial charge in [0.05, 0.1) is 5.69 Å². The Kier molecular flexibility index (Phi) is 4.07. The van der Waals surface area contributed by atoms with Gasteiger partial charge in [-0.05, 0) is 68.3 Å². The largest absolute Gasteiger partial charge is 0.339 e. The number of benzene rings is 1. The van der Waals surface area contributed by atoms with Crippen molar-refractivity contribution in [2.45, 2.75) is 38.8 Å². The van der Waals surface area contributed by atoms with Crippen LogP contribution in [0.2, 0.25) is 0 Å². The van der Waals surface area contributed by atoms with E-state index in [1.807, 2.05) is 18.2 Å². The van der Waals surface area contributed by atoms with E-state index in [2.05, 4.69) is 27.9 Å². The van der Waals surface area contributed by atoms with Gasteiger partial charge in [0.2, 0.25) is 0 Å². The minimum Gasteiger partial charge on any atom is -0.339 e. The molecule has 0 bridgehead atoms. The van der Waals surface area contributed by atoms with E-state index in [1.54, 1.807) is 6.20 Å². The van der Waals surface area contributed by atoms with Crippen molar-refractivity contribution >= 4 is 11.0 Å². The van der Waals surface area contributed by atoms with Crippen molar-refractivity contribution in [1.82, 2.24) is 14.9 Å². The lowest BCUT2D eigenvalue weighted by Gasteiger charge is -2.33. The molecule has 3 heterocycles. The number of fused-ring (bicyclic) bond motifs is 1. The van der Waals surface area contributed by atoms with Crippen molar-refractivity contribution in [3.63, 3.8) is 0 Å². The van der Waals surface area contributed by atoms with Gasteiger partial charge >= 0.3 is 0 Å². The predicted molar refractivity (Wildman–Crippen MR) is 95.2 cm³/mol. The van der Waals surface area contributed by atoms with Crippen LogP contribution in [0.15, 0.2) is 42.6 Å². The lowest BCUT2D eigenvalue weighted by molar-refractivity contribution is 0.153. The summed E-state index contributed by atoms with van der Waals surface area (Å²) in [5.41, 5.74) is 4.23. The van der Waals surface area contributed by atoms with Gasteiger partial charge in [0.25, 0.3) is 0 Å². The lowest BCUT2D eigenvalue weighted by atomic mass is 10.0. The van der Waals surface area contributed by atoms with Crippen molar-refractivity contribution in [1.29, 1.82) is 0 Å². The van der Waals surface area contributed by atoms with E-state index in [-0.39, 0.29) is 5.82 Å². The third-order valence-corrected chi connectivity index (χ3v) is 5.11. The summed E-state index contributed by atoms with van der Waals surface area (Å²) in [5, 5.41) is 1.16. The molecule has 3 nitrogen and oxygen atoms in total. The van der Waals surface area contributed by atoms with Crippen LogP contribution < -0.4 is 0 Å². The molecule has 0 amide bonds. The highest BCUT2D eigenvalue weighted by Crippen LogP contribution is 2.32. The van der Waals surface area contributed by atoms with Crippen LogP contribution in [0.5, 0.6) is 0 Å². The molecule has 0 radical (unpaired) electrons. The first-order chi connectivity index (χ1) is 11.7. The number of hydrogen-bond donors (Lipinski definition) is 1. The molecule has 4 heteroatoms. The molecular weight excluding hydrogens is 301 g/mol. The monoisotopic (exact) mass is 323 g/mol. The molecule has 1 aromatic carbocycles. The van der Waals surface area contributed by atoms with Crippen molar-refractivity contribution < 1.29 is 4.39 Å².